The summed E-state index contributed by atoms with van der Waals surface area (Å²) in [6.45, 7) is 0.582. The molecule has 1 rings (SSSR count). The first-order chi connectivity index (χ1) is 8.02. The summed E-state index contributed by atoms with van der Waals surface area (Å²) >= 11 is 0. The highest BCUT2D eigenvalue weighted by molar-refractivity contribution is 7.89. The van der Waals surface area contributed by atoms with E-state index in [4.69, 9.17) is 10.00 Å². The van der Waals surface area contributed by atoms with Gasteiger partial charge in [0.05, 0.1) is 6.61 Å². The van der Waals surface area contributed by atoms with Crippen molar-refractivity contribution in [2.45, 2.75) is 4.90 Å². The third-order valence-electron chi connectivity index (χ3n) is 2.17. The first-order valence-corrected chi connectivity index (χ1v) is 6.28. The lowest BCUT2D eigenvalue weighted by atomic mass is 10.4. The van der Waals surface area contributed by atoms with E-state index in [1.54, 1.807) is 0 Å². The van der Waals surface area contributed by atoms with Crippen LogP contribution in [0, 0.1) is 11.3 Å². The smallest absolute Gasteiger partial charge is 0.244 e. The van der Waals surface area contributed by atoms with E-state index >= 15 is 0 Å². The van der Waals surface area contributed by atoms with Gasteiger partial charge in [-0.1, -0.05) is 0 Å². The molecule has 92 valence electrons. The predicted octanol–water partition coefficient (Wildman–Crippen LogP) is 0.220. The van der Waals surface area contributed by atoms with E-state index in [1.165, 1.54) is 36.8 Å². The maximum atomic E-state index is 12.0. The summed E-state index contributed by atoms with van der Waals surface area (Å²) in [5.74, 6) is 0. The van der Waals surface area contributed by atoms with Gasteiger partial charge in [0.15, 0.2) is 0 Å². The zero-order valence-electron chi connectivity index (χ0n) is 9.62. The van der Waals surface area contributed by atoms with Crippen molar-refractivity contribution in [3.8, 4) is 6.07 Å². The Bertz CT molecular complexity index is 505. The van der Waals surface area contributed by atoms with Crippen molar-refractivity contribution in [3.63, 3.8) is 0 Å². The largest absolute Gasteiger partial charge is 0.383 e. The molecule has 0 aromatic carbocycles. The lowest BCUT2D eigenvalue weighted by molar-refractivity contribution is 0.185. The van der Waals surface area contributed by atoms with Crippen LogP contribution in [-0.2, 0) is 14.8 Å². The van der Waals surface area contributed by atoms with E-state index in [0.717, 1.165) is 0 Å². The molecule has 7 heteroatoms. The van der Waals surface area contributed by atoms with Crippen LogP contribution in [0.4, 0.5) is 0 Å². The molecule has 0 unspecified atom stereocenters. The molecule has 0 saturated carbocycles. The molecule has 1 aromatic heterocycles. The monoisotopic (exact) mass is 255 g/mol. The number of aromatic nitrogens is 1. The molecule has 0 aliphatic carbocycles. The van der Waals surface area contributed by atoms with E-state index in [2.05, 4.69) is 4.98 Å². The fourth-order valence-electron chi connectivity index (χ4n) is 1.12. The zero-order valence-corrected chi connectivity index (χ0v) is 10.4. The molecule has 1 heterocycles. The van der Waals surface area contributed by atoms with Crippen LogP contribution in [-0.4, -0.2) is 45.0 Å². The van der Waals surface area contributed by atoms with Gasteiger partial charge in [0.2, 0.25) is 10.0 Å². The number of likely N-dealkylation sites (N-methyl/N-ethyl adjacent to an activating group) is 1. The van der Waals surface area contributed by atoms with E-state index in [9.17, 15) is 8.42 Å². The van der Waals surface area contributed by atoms with E-state index in [-0.39, 0.29) is 17.1 Å². The van der Waals surface area contributed by atoms with Crippen LogP contribution in [0.5, 0.6) is 0 Å². The second-order valence-corrected chi connectivity index (χ2v) is 5.36. The van der Waals surface area contributed by atoms with E-state index < -0.39 is 10.0 Å². The van der Waals surface area contributed by atoms with Crippen molar-refractivity contribution in [1.29, 1.82) is 5.26 Å². The first-order valence-electron chi connectivity index (χ1n) is 4.84. The summed E-state index contributed by atoms with van der Waals surface area (Å²) in [5.41, 5.74) is 0.184. The molecule has 17 heavy (non-hydrogen) atoms. The fourth-order valence-corrected chi connectivity index (χ4v) is 2.22. The number of ether oxygens (including phenoxy) is 1. The number of pyridine rings is 1. The van der Waals surface area contributed by atoms with Crippen molar-refractivity contribution < 1.29 is 13.2 Å². The van der Waals surface area contributed by atoms with E-state index in [0.29, 0.717) is 6.61 Å². The molecule has 0 spiro atoms. The Kier molecular flexibility index (Phi) is 4.57. The van der Waals surface area contributed by atoms with Crippen LogP contribution in [0.25, 0.3) is 0 Å². The van der Waals surface area contributed by atoms with Crippen molar-refractivity contribution in [2.24, 2.45) is 0 Å². The Morgan fingerprint density at radius 1 is 1.53 bits per heavy atom. The normalized spacial score (nSPS) is 11.4. The molecule has 0 amide bonds. The van der Waals surface area contributed by atoms with Gasteiger partial charge < -0.3 is 4.74 Å². The minimum Gasteiger partial charge on any atom is -0.383 e. The van der Waals surface area contributed by atoms with Gasteiger partial charge in [-0.05, 0) is 12.1 Å². The molecule has 0 fully saturated rings. The molecule has 0 atom stereocenters. The zero-order chi connectivity index (χ0) is 12.9. The Labute approximate surface area is 101 Å². The summed E-state index contributed by atoms with van der Waals surface area (Å²) in [4.78, 5) is 3.79. The van der Waals surface area contributed by atoms with Crippen LogP contribution in [0.2, 0.25) is 0 Å². The highest BCUT2D eigenvalue weighted by Crippen LogP contribution is 2.12. The van der Waals surface area contributed by atoms with Gasteiger partial charge in [-0.25, -0.2) is 13.4 Å². The maximum absolute atomic E-state index is 12.0. The number of hydrogen-bond donors (Lipinski definition) is 0. The quantitative estimate of drug-likeness (QED) is 0.751. The molecule has 0 aliphatic heterocycles. The van der Waals surface area contributed by atoms with Gasteiger partial charge >= 0.3 is 0 Å². The fraction of sp³-hybridized carbons (Fsp3) is 0.400. The second-order valence-electron chi connectivity index (χ2n) is 3.31. The van der Waals surface area contributed by atoms with Gasteiger partial charge in [-0.3, -0.25) is 0 Å². The van der Waals surface area contributed by atoms with Gasteiger partial charge in [0, 0.05) is 26.9 Å². The topological polar surface area (TPSA) is 83.3 Å². The summed E-state index contributed by atoms with van der Waals surface area (Å²) in [7, 11) is -0.586. The Morgan fingerprint density at radius 2 is 2.24 bits per heavy atom. The van der Waals surface area contributed by atoms with Crippen LogP contribution in [0.3, 0.4) is 0 Å². The number of nitrogens with zero attached hydrogens (tertiary/aromatic N) is 3. The summed E-state index contributed by atoms with van der Waals surface area (Å²) in [5, 5.41) is 8.57. The average Bonchev–Trinajstić information content (AvgIpc) is 2.35. The summed E-state index contributed by atoms with van der Waals surface area (Å²) < 4.78 is 30.0. The molecule has 6 nitrogen and oxygen atoms in total. The molecule has 0 radical (unpaired) electrons. The molecule has 0 aliphatic rings. The first kappa shape index (κ1) is 13.6. The Hall–Kier alpha value is -1.49. The predicted molar refractivity (Wildman–Crippen MR) is 60.6 cm³/mol. The second kappa shape index (κ2) is 5.72. The van der Waals surface area contributed by atoms with Crippen molar-refractivity contribution >= 4 is 10.0 Å². The molecule has 1 aromatic rings. The minimum absolute atomic E-state index is 0.0649. The van der Waals surface area contributed by atoms with Crippen molar-refractivity contribution in [3.05, 3.63) is 24.0 Å². The number of nitriles is 1. The van der Waals surface area contributed by atoms with Crippen LogP contribution in [0.1, 0.15) is 5.69 Å². The molecular formula is C10H13N3O3S. The van der Waals surface area contributed by atoms with Crippen molar-refractivity contribution in [1.82, 2.24) is 9.29 Å². The maximum Gasteiger partial charge on any atom is 0.244 e. The lowest BCUT2D eigenvalue weighted by Crippen LogP contribution is -2.30. The highest BCUT2D eigenvalue weighted by Gasteiger charge is 2.20. The third kappa shape index (κ3) is 3.23. The van der Waals surface area contributed by atoms with Crippen LogP contribution in [0.15, 0.2) is 23.2 Å². The van der Waals surface area contributed by atoms with Gasteiger partial charge in [0.25, 0.3) is 0 Å². The molecule has 0 saturated heterocycles. The van der Waals surface area contributed by atoms with E-state index in [1.807, 2.05) is 6.07 Å². The minimum atomic E-state index is -3.55. The Balaban J connectivity index is 2.93. The molecular weight excluding hydrogens is 242 g/mol. The lowest BCUT2D eigenvalue weighted by Gasteiger charge is -2.16. The standard InChI is InChI=1S/C10H13N3O3S/c1-13(5-6-16-2)17(14,15)10-4-3-9(7-11)12-8-10/h3-4,8H,5-6H2,1-2H3. The van der Waals surface area contributed by atoms with Gasteiger partial charge in [0.1, 0.15) is 16.7 Å². The number of rotatable bonds is 5. The summed E-state index contributed by atoms with van der Waals surface area (Å²) in [6, 6.07) is 4.57. The average molecular weight is 255 g/mol. The highest BCUT2D eigenvalue weighted by atomic mass is 32.2. The number of hydrogen-bond acceptors (Lipinski definition) is 5. The number of methoxy groups -OCH3 is 1. The van der Waals surface area contributed by atoms with Crippen molar-refractivity contribution in [2.75, 3.05) is 27.3 Å². The van der Waals surface area contributed by atoms with Gasteiger partial charge in [-0.15, -0.1) is 0 Å². The molecule has 0 N–H and O–H groups in total. The molecule has 0 bridgehead atoms. The Morgan fingerprint density at radius 3 is 2.71 bits per heavy atom. The number of sulfonamides is 1. The van der Waals surface area contributed by atoms with Gasteiger partial charge in [-0.2, -0.15) is 9.57 Å². The van der Waals surface area contributed by atoms with Crippen LogP contribution < -0.4 is 0 Å². The SMILES string of the molecule is COCCN(C)S(=O)(=O)c1ccc(C#N)nc1. The third-order valence-corrected chi connectivity index (χ3v) is 4.01. The summed E-state index contributed by atoms with van der Waals surface area (Å²) in [6.07, 6.45) is 1.18. The van der Waals surface area contributed by atoms with Crippen LogP contribution >= 0.6 is 0 Å².